The summed E-state index contributed by atoms with van der Waals surface area (Å²) in [5.41, 5.74) is 4.43. The number of nitrogens with zero attached hydrogens (tertiary/aromatic N) is 5. The first-order chi connectivity index (χ1) is 14.4. The summed E-state index contributed by atoms with van der Waals surface area (Å²) in [6, 6.07) is 12.1. The number of nitriles is 1. The van der Waals surface area contributed by atoms with Crippen molar-refractivity contribution >= 4 is 5.91 Å². The minimum atomic E-state index is -0.249. The summed E-state index contributed by atoms with van der Waals surface area (Å²) in [7, 11) is 0. The number of hydrogen-bond donors (Lipinski definition) is 0. The van der Waals surface area contributed by atoms with Crippen LogP contribution in [0.5, 0.6) is 0 Å². The third-order valence-corrected chi connectivity index (χ3v) is 5.93. The van der Waals surface area contributed by atoms with Crippen molar-refractivity contribution in [2.24, 2.45) is 5.92 Å². The molecule has 2 heterocycles. The molecule has 1 aromatic carbocycles. The van der Waals surface area contributed by atoms with Crippen molar-refractivity contribution in [3.05, 3.63) is 52.8 Å². The predicted molar refractivity (Wildman–Crippen MR) is 118 cm³/mol. The SMILES string of the molecule is Cc1nn(CC(C)C)c(C)c1CCC(=O)N1CCN(C(C#N)c2ccccc2)CC1. The molecule has 1 saturated heterocycles. The van der Waals surface area contributed by atoms with Gasteiger partial charge < -0.3 is 4.90 Å². The van der Waals surface area contributed by atoms with E-state index in [-0.39, 0.29) is 11.9 Å². The van der Waals surface area contributed by atoms with Crippen LogP contribution < -0.4 is 0 Å². The molecule has 0 bridgehead atoms. The summed E-state index contributed by atoms with van der Waals surface area (Å²) in [6.45, 7) is 12.2. The molecule has 1 unspecified atom stereocenters. The molecule has 3 rings (SSSR count). The van der Waals surface area contributed by atoms with E-state index in [9.17, 15) is 10.1 Å². The summed E-state index contributed by atoms with van der Waals surface area (Å²) in [5, 5.41) is 14.3. The van der Waals surface area contributed by atoms with Crippen molar-refractivity contribution < 1.29 is 4.79 Å². The first-order valence-corrected chi connectivity index (χ1v) is 10.9. The minimum Gasteiger partial charge on any atom is -0.340 e. The van der Waals surface area contributed by atoms with Crippen LogP contribution >= 0.6 is 0 Å². The largest absolute Gasteiger partial charge is 0.340 e. The lowest BCUT2D eigenvalue weighted by Gasteiger charge is -2.37. The van der Waals surface area contributed by atoms with Gasteiger partial charge in [-0.05, 0) is 37.3 Å². The number of piperazine rings is 1. The minimum absolute atomic E-state index is 0.193. The highest BCUT2D eigenvalue weighted by atomic mass is 16.2. The Morgan fingerprint density at radius 1 is 1.13 bits per heavy atom. The Kier molecular flexibility index (Phi) is 7.28. The Morgan fingerprint density at radius 3 is 2.40 bits per heavy atom. The van der Waals surface area contributed by atoms with E-state index in [1.165, 1.54) is 11.3 Å². The Bertz CT molecular complexity index is 888. The average molecular weight is 408 g/mol. The molecule has 6 heteroatoms. The molecule has 1 atom stereocenters. The third kappa shape index (κ3) is 5.09. The average Bonchev–Trinajstić information content (AvgIpc) is 3.00. The normalized spacial score (nSPS) is 15.9. The van der Waals surface area contributed by atoms with Crippen molar-refractivity contribution in [2.45, 2.75) is 53.1 Å². The number of hydrogen-bond acceptors (Lipinski definition) is 4. The second kappa shape index (κ2) is 9.90. The van der Waals surface area contributed by atoms with E-state index >= 15 is 0 Å². The number of amides is 1. The van der Waals surface area contributed by atoms with Gasteiger partial charge in [-0.2, -0.15) is 10.4 Å². The molecule has 2 aromatic rings. The lowest BCUT2D eigenvalue weighted by molar-refractivity contribution is -0.133. The maximum atomic E-state index is 12.8. The number of aryl methyl sites for hydroxylation is 1. The molecule has 0 N–H and O–H groups in total. The highest BCUT2D eigenvalue weighted by molar-refractivity contribution is 5.76. The standard InChI is InChI=1S/C24H33N5O/c1-18(2)17-29-20(4)22(19(3)26-29)10-11-24(30)28-14-12-27(13-15-28)23(16-25)21-8-6-5-7-9-21/h5-9,18,23H,10-15,17H2,1-4H3. The van der Waals surface area contributed by atoms with Gasteiger partial charge in [0.2, 0.25) is 5.91 Å². The van der Waals surface area contributed by atoms with Gasteiger partial charge >= 0.3 is 0 Å². The van der Waals surface area contributed by atoms with Crippen LogP contribution in [0.2, 0.25) is 0 Å². The van der Waals surface area contributed by atoms with Gasteiger partial charge in [-0.25, -0.2) is 0 Å². The van der Waals surface area contributed by atoms with Crippen LogP contribution in [0, 0.1) is 31.1 Å². The Balaban J connectivity index is 1.54. The van der Waals surface area contributed by atoms with Crippen LogP contribution in [0.25, 0.3) is 0 Å². The Labute approximate surface area is 180 Å². The second-order valence-electron chi connectivity index (χ2n) is 8.58. The zero-order chi connectivity index (χ0) is 21.7. The topological polar surface area (TPSA) is 65.2 Å². The molecule has 1 aliphatic rings. The predicted octanol–water partition coefficient (Wildman–Crippen LogP) is 3.50. The van der Waals surface area contributed by atoms with Gasteiger partial charge in [-0.3, -0.25) is 14.4 Å². The third-order valence-electron chi connectivity index (χ3n) is 5.93. The number of carbonyl (C=O) groups excluding carboxylic acids is 1. The molecule has 160 valence electrons. The van der Waals surface area contributed by atoms with E-state index in [4.69, 9.17) is 0 Å². The number of aromatic nitrogens is 2. The molecule has 1 amide bonds. The maximum absolute atomic E-state index is 12.8. The molecular weight excluding hydrogens is 374 g/mol. The molecule has 30 heavy (non-hydrogen) atoms. The van der Waals surface area contributed by atoms with E-state index in [0.29, 0.717) is 25.4 Å². The molecule has 0 radical (unpaired) electrons. The van der Waals surface area contributed by atoms with E-state index in [1.807, 2.05) is 42.2 Å². The molecule has 0 saturated carbocycles. The summed E-state index contributed by atoms with van der Waals surface area (Å²) in [6.07, 6.45) is 1.25. The Hall–Kier alpha value is -2.65. The van der Waals surface area contributed by atoms with Gasteiger partial charge in [-0.15, -0.1) is 0 Å². The maximum Gasteiger partial charge on any atom is 0.222 e. The molecule has 1 aromatic heterocycles. The molecular formula is C24H33N5O. The fourth-order valence-corrected chi connectivity index (χ4v) is 4.24. The van der Waals surface area contributed by atoms with Crippen molar-refractivity contribution in [3.8, 4) is 6.07 Å². The van der Waals surface area contributed by atoms with Crippen LogP contribution in [0.1, 0.15) is 48.8 Å². The second-order valence-corrected chi connectivity index (χ2v) is 8.58. The van der Waals surface area contributed by atoms with Crippen molar-refractivity contribution in [3.63, 3.8) is 0 Å². The zero-order valence-electron chi connectivity index (χ0n) is 18.6. The van der Waals surface area contributed by atoms with E-state index < -0.39 is 0 Å². The molecule has 6 nitrogen and oxygen atoms in total. The van der Waals surface area contributed by atoms with E-state index in [0.717, 1.165) is 37.3 Å². The van der Waals surface area contributed by atoms with Gasteiger partial charge in [-0.1, -0.05) is 44.2 Å². The first kappa shape index (κ1) is 22.0. The monoisotopic (exact) mass is 407 g/mol. The Morgan fingerprint density at radius 2 is 1.80 bits per heavy atom. The van der Waals surface area contributed by atoms with Crippen LogP contribution in [0.4, 0.5) is 0 Å². The fourth-order valence-electron chi connectivity index (χ4n) is 4.24. The van der Waals surface area contributed by atoms with Gasteiger partial charge in [0.25, 0.3) is 0 Å². The summed E-state index contributed by atoms with van der Waals surface area (Å²) >= 11 is 0. The van der Waals surface area contributed by atoms with Gasteiger partial charge in [0.15, 0.2) is 0 Å². The summed E-state index contributed by atoms with van der Waals surface area (Å²) in [4.78, 5) is 16.9. The smallest absolute Gasteiger partial charge is 0.222 e. The lowest BCUT2D eigenvalue weighted by Crippen LogP contribution is -2.49. The van der Waals surface area contributed by atoms with Gasteiger partial charge in [0, 0.05) is 44.8 Å². The quantitative estimate of drug-likeness (QED) is 0.705. The first-order valence-electron chi connectivity index (χ1n) is 10.9. The fraction of sp³-hybridized carbons (Fsp3) is 0.542. The highest BCUT2D eigenvalue weighted by Gasteiger charge is 2.27. The summed E-state index contributed by atoms with van der Waals surface area (Å²) < 4.78 is 2.07. The van der Waals surface area contributed by atoms with Crippen LogP contribution in [0.15, 0.2) is 30.3 Å². The van der Waals surface area contributed by atoms with E-state index in [2.05, 4.69) is 41.5 Å². The molecule has 0 aliphatic carbocycles. The highest BCUT2D eigenvalue weighted by Crippen LogP contribution is 2.22. The molecule has 1 fully saturated rings. The zero-order valence-corrected chi connectivity index (χ0v) is 18.6. The van der Waals surface area contributed by atoms with E-state index in [1.54, 1.807) is 0 Å². The van der Waals surface area contributed by atoms with Gasteiger partial charge in [0.05, 0.1) is 11.8 Å². The van der Waals surface area contributed by atoms with Gasteiger partial charge in [0.1, 0.15) is 6.04 Å². The van der Waals surface area contributed by atoms with Crippen LogP contribution in [-0.2, 0) is 17.8 Å². The number of carbonyl (C=O) groups is 1. The number of rotatable bonds is 7. The van der Waals surface area contributed by atoms with Crippen LogP contribution in [-0.4, -0.2) is 51.7 Å². The molecule has 0 spiro atoms. The lowest BCUT2D eigenvalue weighted by atomic mass is 10.0. The van der Waals surface area contributed by atoms with Crippen molar-refractivity contribution in [1.29, 1.82) is 5.26 Å². The molecule has 1 aliphatic heterocycles. The van der Waals surface area contributed by atoms with Crippen molar-refractivity contribution in [1.82, 2.24) is 19.6 Å². The van der Waals surface area contributed by atoms with Crippen LogP contribution in [0.3, 0.4) is 0 Å². The number of benzene rings is 1. The summed E-state index contributed by atoms with van der Waals surface area (Å²) in [5.74, 6) is 0.736. The van der Waals surface area contributed by atoms with Crippen molar-refractivity contribution in [2.75, 3.05) is 26.2 Å².